The van der Waals surface area contributed by atoms with Crippen molar-refractivity contribution in [2.24, 2.45) is 5.92 Å². The van der Waals surface area contributed by atoms with Crippen LogP contribution in [0.5, 0.6) is 5.75 Å². The molecule has 3 amide bonds. The van der Waals surface area contributed by atoms with E-state index in [4.69, 9.17) is 9.26 Å². The Balaban J connectivity index is 1.42. The minimum Gasteiger partial charge on any atom is -0.494 e. The van der Waals surface area contributed by atoms with Gasteiger partial charge in [0.05, 0.1) is 18.2 Å². The number of urea groups is 1. The molecule has 0 N–H and O–H groups in total. The lowest BCUT2D eigenvalue weighted by atomic mass is 9.81. The minimum atomic E-state index is -0.333. The molecule has 1 saturated carbocycles. The van der Waals surface area contributed by atoms with E-state index in [0.717, 1.165) is 49.0 Å². The van der Waals surface area contributed by atoms with Crippen molar-refractivity contribution in [3.8, 4) is 17.1 Å². The molecule has 182 valence electrons. The van der Waals surface area contributed by atoms with E-state index >= 15 is 0 Å². The van der Waals surface area contributed by atoms with Crippen LogP contribution in [-0.2, 0) is 17.8 Å². The molecule has 1 aliphatic carbocycles. The number of carbonyl (C=O) groups excluding carboxylic acids is 2. The molecule has 2 fully saturated rings. The first-order chi connectivity index (χ1) is 17.1. The van der Waals surface area contributed by atoms with Gasteiger partial charge < -0.3 is 14.2 Å². The topological polar surface area (TPSA) is 88.8 Å². The van der Waals surface area contributed by atoms with E-state index < -0.39 is 0 Å². The second kappa shape index (κ2) is 9.90. The number of hydrogen-bond acceptors (Lipinski definition) is 6. The quantitative estimate of drug-likeness (QED) is 0.466. The van der Waals surface area contributed by atoms with Gasteiger partial charge >= 0.3 is 6.03 Å². The van der Waals surface area contributed by atoms with E-state index in [9.17, 15) is 9.59 Å². The van der Waals surface area contributed by atoms with Crippen molar-refractivity contribution in [3.05, 3.63) is 60.0 Å². The van der Waals surface area contributed by atoms with E-state index in [1.54, 1.807) is 4.90 Å². The van der Waals surface area contributed by atoms with Gasteiger partial charge in [0, 0.05) is 11.6 Å². The monoisotopic (exact) mass is 474 g/mol. The molecule has 8 heteroatoms. The van der Waals surface area contributed by atoms with E-state index in [1.165, 1.54) is 4.90 Å². The molecular formula is C27H30N4O4. The summed E-state index contributed by atoms with van der Waals surface area (Å²) in [6.07, 6.45) is 4.44. The summed E-state index contributed by atoms with van der Waals surface area (Å²) in [5.74, 6) is 1.18. The second-order valence-electron chi connectivity index (χ2n) is 9.03. The Morgan fingerprint density at radius 3 is 2.63 bits per heavy atom. The Kier molecular flexibility index (Phi) is 6.53. The highest BCUT2D eigenvalue weighted by Gasteiger charge is 2.48. The van der Waals surface area contributed by atoms with Gasteiger partial charge in [-0.2, -0.15) is 4.98 Å². The zero-order chi connectivity index (χ0) is 24.4. The normalized spacial score (nSPS) is 20.2. The lowest BCUT2D eigenvalue weighted by Crippen LogP contribution is -2.62. The van der Waals surface area contributed by atoms with Crippen molar-refractivity contribution < 1.29 is 18.8 Å². The minimum absolute atomic E-state index is 0.112. The molecule has 1 aromatic heterocycles. The number of imide groups is 1. The van der Waals surface area contributed by atoms with Gasteiger partial charge in [-0.05, 0) is 56.0 Å². The van der Waals surface area contributed by atoms with Gasteiger partial charge in [0.25, 0.3) is 0 Å². The summed E-state index contributed by atoms with van der Waals surface area (Å²) in [4.78, 5) is 34.7. The van der Waals surface area contributed by atoms with E-state index in [0.29, 0.717) is 24.0 Å². The second-order valence-corrected chi connectivity index (χ2v) is 9.03. The molecule has 2 heterocycles. The summed E-state index contributed by atoms with van der Waals surface area (Å²) in [5.41, 5.74) is 2.54. The predicted octanol–water partition coefficient (Wildman–Crippen LogP) is 5.23. The smallest absolute Gasteiger partial charge is 0.332 e. The van der Waals surface area contributed by atoms with Crippen molar-refractivity contribution in [3.63, 3.8) is 0 Å². The summed E-state index contributed by atoms with van der Waals surface area (Å²) < 4.78 is 11.1. The number of nitrogens with zero attached hydrogens (tertiary/aromatic N) is 4. The molecule has 2 aliphatic rings. The molecule has 0 radical (unpaired) electrons. The fraction of sp³-hybridized carbons (Fsp3) is 0.407. The van der Waals surface area contributed by atoms with Gasteiger partial charge in [-0.3, -0.25) is 4.79 Å². The molecule has 1 aliphatic heterocycles. The number of aromatic nitrogens is 2. The Morgan fingerprint density at radius 2 is 1.86 bits per heavy atom. The molecule has 0 spiro atoms. The molecule has 5 rings (SSSR count). The third-order valence-electron chi connectivity index (χ3n) is 6.88. The molecular weight excluding hydrogens is 444 g/mol. The molecule has 1 saturated heterocycles. The maximum atomic E-state index is 13.7. The van der Waals surface area contributed by atoms with E-state index in [2.05, 4.69) is 17.1 Å². The summed E-state index contributed by atoms with van der Waals surface area (Å²) in [7, 11) is 0. The van der Waals surface area contributed by atoms with Gasteiger partial charge in [-0.15, -0.1) is 0 Å². The summed E-state index contributed by atoms with van der Waals surface area (Å²) >= 11 is 0. The van der Waals surface area contributed by atoms with Crippen LogP contribution in [0.1, 0.15) is 51.0 Å². The van der Waals surface area contributed by atoms with E-state index in [-0.39, 0.29) is 30.4 Å². The number of rotatable bonds is 7. The van der Waals surface area contributed by atoms with Gasteiger partial charge in [-0.1, -0.05) is 49.2 Å². The number of ether oxygens (including phenoxy) is 1. The maximum absolute atomic E-state index is 13.7. The van der Waals surface area contributed by atoms with Crippen molar-refractivity contribution in [1.29, 1.82) is 0 Å². The van der Waals surface area contributed by atoms with Crippen LogP contribution >= 0.6 is 0 Å². The van der Waals surface area contributed by atoms with Crippen molar-refractivity contribution in [2.45, 2.75) is 58.5 Å². The van der Waals surface area contributed by atoms with Crippen LogP contribution in [-0.4, -0.2) is 39.6 Å². The van der Waals surface area contributed by atoms with Crippen LogP contribution in [0.25, 0.3) is 11.4 Å². The third-order valence-corrected chi connectivity index (χ3v) is 6.88. The first-order valence-electron chi connectivity index (χ1n) is 12.4. The molecule has 35 heavy (non-hydrogen) atoms. The number of carbonyl (C=O) groups is 2. The highest BCUT2D eigenvalue weighted by molar-refractivity contribution is 6.17. The Hall–Kier alpha value is -3.68. The zero-order valence-electron chi connectivity index (χ0n) is 20.1. The average molecular weight is 475 g/mol. The van der Waals surface area contributed by atoms with Crippen LogP contribution in [0.3, 0.4) is 0 Å². The van der Waals surface area contributed by atoms with Crippen LogP contribution < -0.4 is 9.64 Å². The fourth-order valence-corrected chi connectivity index (χ4v) is 5.08. The molecule has 2 unspecified atom stereocenters. The third kappa shape index (κ3) is 4.52. The Bertz CT molecular complexity index is 1210. The molecule has 2 aromatic carbocycles. The standard InChI is InChI=1S/C27H30N4O4/c1-3-18-12-14-20(15-13-18)31-26(32)22-10-5-6-11-23(22)30(27(31)33)17-24-28-25(29-35-24)19-8-7-9-21(16-19)34-4-2/h7-9,12-16,22-23H,3-6,10-11,17H2,1-2H3. The highest BCUT2D eigenvalue weighted by Crippen LogP contribution is 2.37. The summed E-state index contributed by atoms with van der Waals surface area (Å²) in [5, 5.41) is 4.13. The highest BCUT2D eigenvalue weighted by atomic mass is 16.5. The van der Waals surface area contributed by atoms with Crippen LogP contribution in [0.4, 0.5) is 10.5 Å². The SMILES string of the molecule is CCOc1cccc(-c2noc(CN3C(=O)N(c4ccc(CC)cc4)C(=O)C4CCCCC43)n2)c1. The summed E-state index contributed by atoms with van der Waals surface area (Å²) in [6, 6.07) is 14.7. The Morgan fingerprint density at radius 1 is 1.06 bits per heavy atom. The Labute approximate surface area is 204 Å². The van der Waals surface area contributed by atoms with Gasteiger partial charge in [0.1, 0.15) is 12.3 Å². The number of aryl methyl sites for hydroxylation is 1. The number of hydrogen-bond donors (Lipinski definition) is 0. The molecule has 8 nitrogen and oxygen atoms in total. The first kappa shape index (κ1) is 23.1. The average Bonchev–Trinajstić information content (AvgIpc) is 3.36. The maximum Gasteiger partial charge on any atom is 0.332 e. The number of fused-ring (bicyclic) bond motifs is 1. The van der Waals surface area contributed by atoms with Crippen LogP contribution in [0.2, 0.25) is 0 Å². The van der Waals surface area contributed by atoms with Gasteiger partial charge in [0.15, 0.2) is 0 Å². The fourth-order valence-electron chi connectivity index (χ4n) is 5.08. The molecule has 3 aromatic rings. The van der Waals surface area contributed by atoms with Gasteiger partial charge in [0.2, 0.25) is 17.6 Å². The predicted molar refractivity (Wildman–Crippen MR) is 131 cm³/mol. The zero-order valence-corrected chi connectivity index (χ0v) is 20.1. The van der Waals surface area contributed by atoms with Crippen LogP contribution in [0, 0.1) is 5.92 Å². The van der Waals surface area contributed by atoms with Crippen molar-refractivity contribution >= 4 is 17.6 Å². The number of benzene rings is 2. The summed E-state index contributed by atoms with van der Waals surface area (Å²) in [6.45, 7) is 4.73. The number of anilines is 1. The van der Waals surface area contributed by atoms with E-state index in [1.807, 2.05) is 55.5 Å². The van der Waals surface area contributed by atoms with Crippen molar-refractivity contribution in [1.82, 2.24) is 15.0 Å². The number of amides is 3. The van der Waals surface area contributed by atoms with Gasteiger partial charge in [-0.25, -0.2) is 9.69 Å². The van der Waals surface area contributed by atoms with Crippen LogP contribution in [0.15, 0.2) is 53.1 Å². The van der Waals surface area contributed by atoms with Crippen molar-refractivity contribution in [2.75, 3.05) is 11.5 Å². The molecule has 2 atom stereocenters. The first-order valence-corrected chi connectivity index (χ1v) is 12.4. The largest absolute Gasteiger partial charge is 0.494 e. The lowest BCUT2D eigenvalue weighted by molar-refractivity contribution is -0.127. The molecule has 0 bridgehead atoms. The lowest BCUT2D eigenvalue weighted by Gasteiger charge is -2.46.